The van der Waals surface area contributed by atoms with Gasteiger partial charge >= 0.3 is 5.97 Å². The highest BCUT2D eigenvalue weighted by Crippen LogP contribution is 2.23. The zero-order valence-electron chi connectivity index (χ0n) is 10.6. The quantitative estimate of drug-likeness (QED) is 0.939. The Morgan fingerprint density at radius 1 is 1.50 bits per heavy atom. The Bertz CT molecular complexity index is 793. The molecule has 0 spiro atoms. The van der Waals surface area contributed by atoms with Gasteiger partial charge in [-0.05, 0) is 13.0 Å². The fourth-order valence-corrected chi connectivity index (χ4v) is 2.09. The minimum atomic E-state index is -1.44. The number of carbonyl (C=O) groups is 1. The number of benzene rings is 1. The Hall–Kier alpha value is -2.50. The van der Waals surface area contributed by atoms with Crippen LogP contribution in [0.2, 0.25) is 0 Å². The number of aromatic nitrogens is 1. The average Bonchev–Trinajstić information content (AvgIpc) is 2.40. The van der Waals surface area contributed by atoms with Crippen LogP contribution in [0.3, 0.4) is 0 Å². The second-order valence-corrected chi connectivity index (χ2v) is 4.15. The molecule has 6 heteroatoms. The highest BCUT2D eigenvalue weighted by molar-refractivity contribution is 5.93. The molecule has 0 unspecified atom stereocenters. The molecule has 1 aromatic carbocycles. The number of hydrogen-bond donors (Lipinski definition) is 1. The molecule has 4 nitrogen and oxygen atoms in total. The second-order valence-electron chi connectivity index (χ2n) is 4.15. The van der Waals surface area contributed by atoms with Crippen LogP contribution in [0.5, 0.6) is 0 Å². The third kappa shape index (κ3) is 1.89. The number of rotatable bonds is 3. The Morgan fingerprint density at radius 3 is 2.65 bits per heavy atom. The second kappa shape index (κ2) is 4.88. The summed E-state index contributed by atoms with van der Waals surface area (Å²) >= 11 is 0. The monoisotopic (exact) mass is 279 g/mol. The lowest BCUT2D eigenvalue weighted by molar-refractivity contribution is 0.0695. The van der Waals surface area contributed by atoms with Crippen LogP contribution in [0, 0.1) is 11.6 Å². The number of pyridine rings is 1. The fraction of sp³-hybridized carbons (Fsp3) is 0.143. The highest BCUT2D eigenvalue weighted by atomic mass is 19.1. The van der Waals surface area contributed by atoms with Crippen LogP contribution in [0.1, 0.15) is 22.8 Å². The molecular weight excluding hydrogens is 268 g/mol. The molecule has 0 saturated carbocycles. The largest absolute Gasteiger partial charge is 0.477 e. The van der Waals surface area contributed by atoms with Crippen molar-refractivity contribution in [1.29, 1.82) is 0 Å². The summed E-state index contributed by atoms with van der Waals surface area (Å²) in [5.41, 5.74) is -1.91. The van der Waals surface area contributed by atoms with Gasteiger partial charge < -0.3 is 9.67 Å². The van der Waals surface area contributed by atoms with Gasteiger partial charge in [-0.15, -0.1) is 0 Å². The van der Waals surface area contributed by atoms with Gasteiger partial charge in [-0.3, -0.25) is 4.79 Å². The molecule has 0 aliphatic rings. The maximum absolute atomic E-state index is 14.3. The first-order chi connectivity index (χ1) is 9.42. The molecule has 1 N–H and O–H groups in total. The number of carboxylic acids is 1. The lowest BCUT2D eigenvalue weighted by Crippen LogP contribution is -2.20. The van der Waals surface area contributed by atoms with Gasteiger partial charge in [-0.2, -0.15) is 0 Å². The normalized spacial score (nSPS) is 10.8. The Labute approximate surface area is 112 Å². The van der Waals surface area contributed by atoms with E-state index in [1.54, 1.807) is 6.92 Å². The summed E-state index contributed by atoms with van der Waals surface area (Å²) in [6.45, 7) is 5.21. The summed E-state index contributed by atoms with van der Waals surface area (Å²) in [5, 5.41) is 8.67. The third-order valence-corrected chi connectivity index (χ3v) is 3.06. The summed E-state index contributed by atoms with van der Waals surface area (Å²) in [4.78, 5) is 23.0. The van der Waals surface area contributed by atoms with Crippen LogP contribution in [-0.4, -0.2) is 15.6 Å². The van der Waals surface area contributed by atoms with Gasteiger partial charge in [-0.25, -0.2) is 13.6 Å². The average molecular weight is 279 g/mol. The van der Waals surface area contributed by atoms with Crippen molar-refractivity contribution in [2.45, 2.75) is 13.5 Å². The zero-order valence-corrected chi connectivity index (χ0v) is 10.6. The van der Waals surface area contributed by atoms with E-state index in [1.807, 2.05) is 0 Å². The summed E-state index contributed by atoms with van der Waals surface area (Å²) in [7, 11) is 0. The van der Waals surface area contributed by atoms with E-state index in [4.69, 9.17) is 5.11 Å². The predicted octanol–water partition coefficient (Wildman–Crippen LogP) is 2.64. The smallest absolute Gasteiger partial charge is 0.341 e. The first-order valence-corrected chi connectivity index (χ1v) is 5.83. The van der Waals surface area contributed by atoms with E-state index in [0.717, 1.165) is 18.3 Å². The van der Waals surface area contributed by atoms with Crippen LogP contribution in [0.4, 0.5) is 8.78 Å². The van der Waals surface area contributed by atoms with Gasteiger partial charge in [0.1, 0.15) is 11.4 Å². The van der Waals surface area contributed by atoms with Crippen molar-refractivity contribution in [1.82, 2.24) is 4.57 Å². The van der Waals surface area contributed by atoms with Crippen LogP contribution in [-0.2, 0) is 6.54 Å². The van der Waals surface area contributed by atoms with Crippen molar-refractivity contribution in [2.24, 2.45) is 0 Å². The molecule has 0 bridgehead atoms. The molecule has 0 aliphatic heterocycles. The third-order valence-electron chi connectivity index (χ3n) is 3.06. The van der Waals surface area contributed by atoms with E-state index in [2.05, 4.69) is 6.58 Å². The Kier molecular flexibility index (Phi) is 3.40. The molecular formula is C14H11F2NO3. The number of fused-ring (bicyclic) bond motifs is 1. The number of hydrogen-bond acceptors (Lipinski definition) is 2. The van der Waals surface area contributed by atoms with E-state index in [0.29, 0.717) is 0 Å². The topological polar surface area (TPSA) is 59.3 Å². The predicted molar refractivity (Wildman–Crippen MR) is 70.8 cm³/mol. The van der Waals surface area contributed by atoms with Crippen LogP contribution < -0.4 is 5.43 Å². The molecule has 1 aromatic heterocycles. The molecule has 2 rings (SSSR count). The molecule has 0 saturated heterocycles. The van der Waals surface area contributed by atoms with E-state index in [1.165, 1.54) is 4.57 Å². The van der Waals surface area contributed by atoms with E-state index < -0.39 is 28.6 Å². The van der Waals surface area contributed by atoms with Crippen LogP contribution in [0.15, 0.2) is 23.6 Å². The highest BCUT2D eigenvalue weighted by Gasteiger charge is 2.20. The molecule has 20 heavy (non-hydrogen) atoms. The number of aryl methyl sites for hydroxylation is 1. The van der Waals surface area contributed by atoms with Crippen molar-refractivity contribution in [3.63, 3.8) is 0 Å². The first kappa shape index (κ1) is 13.9. The molecule has 0 atom stereocenters. The fourth-order valence-electron chi connectivity index (χ4n) is 2.09. The summed E-state index contributed by atoms with van der Waals surface area (Å²) < 4.78 is 29.3. The summed E-state index contributed by atoms with van der Waals surface area (Å²) in [6, 6.07) is 0.844. The Morgan fingerprint density at radius 2 is 2.15 bits per heavy atom. The molecule has 0 fully saturated rings. The first-order valence-electron chi connectivity index (χ1n) is 5.83. The minimum Gasteiger partial charge on any atom is -0.477 e. The summed E-state index contributed by atoms with van der Waals surface area (Å²) in [6.07, 6.45) is 2.07. The van der Waals surface area contributed by atoms with Crippen molar-refractivity contribution in [2.75, 3.05) is 0 Å². The van der Waals surface area contributed by atoms with E-state index in [9.17, 15) is 18.4 Å². The van der Waals surface area contributed by atoms with Gasteiger partial charge in [0.15, 0.2) is 5.82 Å². The van der Waals surface area contributed by atoms with Crippen LogP contribution in [0.25, 0.3) is 17.0 Å². The molecule has 0 radical (unpaired) electrons. The number of halogens is 2. The van der Waals surface area contributed by atoms with Gasteiger partial charge in [0.25, 0.3) is 0 Å². The zero-order chi connectivity index (χ0) is 15.0. The van der Waals surface area contributed by atoms with Gasteiger partial charge in [-0.1, -0.05) is 12.7 Å². The standard InChI is InChI=1S/C14H11F2NO3/c1-3-7-10(15)5-8-12(11(7)16)17(4-2)6-9(13(8)18)14(19)20/h3,5-6H,1,4H2,2H3,(H,19,20). The SMILES string of the molecule is C=Cc1c(F)cc2c(=O)c(C(=O)O)cn(CC)c2c1F. The molecule has 104 valence electrons. The molecule has 0 amide bonds. The van der Waals surface area contributed by atoms with Crippen molar-refractivity contribution in [3.05, 3.63) is 51.8 Å². The van der Waals surface area contributed by atoms with Gasteiger partial charge in [0.2, 0.25) is 5.43 Å². The lowest BCUT2D eigenvalue weighted by Gasteiger charge is -2.12. The van der Waals surface area contributed by atoms with Gasteiger partial charge in [0.05, 0.1) is 10.9 Å². The molecule has 0 aliphatic carbocycles. The molecule has 2 aromatic rings. The number of nitrogens with zero attached hydrogens (tertiary/aromatic N) is 1. The number of aromatic carboxylic acids is 1. The van der Waals surface area contributed by atoms with E-state index in [-0.39, 0.29) is 23.0 Å². The van der Waals surface area contributed by atoms with Crippen molar-refractivity contribution in [3.8, 4) is 0 Å². The summed E-state index contributed by atoms with van der Waals surface area (Å²) in [5.74, 6) is -3.31. The maximum Gasteiger partial charge on any atom is 0.341 e. The van der Waals surface area contributed by atoms with Crippen molar-refractivity contribution >= 4 is 22.9 Å². The van der Waals surface area contributed by atoms with E-state index >= 15 is 0 Å². The van der Waals surface area contributed by atoms with Gasteiger partial charge in [0, 0.05) is 18.3 Å². The Balaban J connectivity index is 3.09. The molecule has 1 heterocycles. The maximum atomic E-state index is 14.3. The van der Waals surface area contributed by atoms with Crippen molar-refractivity contribution < 1.29 is 18.7 Å². The minimum absolute atomic E-state index is 0.126. The lowest BCUT2D eigenvalue weighted by atomic mass is 10.1. The number of carboxylic acid groups (broad SMARTS) is 1. The van der Waals surface area contributed by atoms with Crippen LogP contribution >= 0.6 is 0 Å².